The summed E-state index contributed by atoms with van der Waals surface area (Å²) in [6.07, 6.45) is -0.462. The number of carbonyl (C=O) groups excluding carboxylic acids is 1. The molecule has 0 saturated carbocycles. The molecule has 1 amide bonds. The Labute approximate surface area is 120 Å². The zero-order valence-corrected chi connectivity index (χ0v) is 11.9. The number of aliphatic hydroxyl groups is 1. The van der Waals surface area contributed by atoms with Gasteiger partial charge >= 0.3 is 0 Å². The van der Waals surface area contributed by atoms with Crippen molar-refractivity contribution in [2.75, 3.05) is 32.7 Å². The van der Waals surface area contributed by atoms with Crippen LogP contribution < -0.4 is 5.73 Å². The first-order valence-corrected chi connectivity index (χ1v) is 7.06. The monoisotopic (exact) mass is 277 g/mol. The van der Waals surface area contributed by atoms with Crippen LogP contribution in [0.15, 0.2) is 30.3 Å². The quantitative estimate of drug-likeness (QED) is 0.807. The SMILES string of the molecule is CC(C(N)=O)N1CCN(CC(O)c2ccccc2)CC1. The molecule has 0 aromatic heterocycles. The Bertz CT molecular complexity index is 430. The normalized spacial score (nSPS) is 20.5. The molecule has 1 aliphatic rings. The Balaban J connectivity index is 1.81. The summed E-state index contributed by atoms with van der Waals surface area (Å²) in [5, 5.41) is 10.2. The molecule has 2 unspecified atom stereocenters. The molecule has 20 heavy (non-hydrogen) atoms. The number of carbonyl (C=O) groups is 1. The highest BCUT2D eigenvalue weighted by molar-refractivity contribution is 5.79. The topological polar surface area (TPSA) is 69.8 Å². The van der Waals surface area contributed by atoms with Crippen LogP contribution in [0, 0.1) is 0 Å². The van der Waals surface area contributed by atoms with Gasteiger partial charge in [0.25, 0.3) is 0 Å². The largest absolute Gasteiger partial charge is 0.387 e. The van der Waals surface area contributed by atoms with Gasteiger partial charge < -0.3 is 10.8 Å². The Morgan fingerprint density at radius 1 is 1.25 bits per heavy atom. The molecule has 5 heteroatoms. The van der Waals surface area contributed by atoms with E-state index in [4.69, 9.17) is 5.73 Å². The lowest BCUT2D eigenvalue weighted by molar-refractivity contribution is -0.123. The third-order valence-electron chi connectivity index (χ3n) is 3.98. The molecule has 1 aromatic carbocycles. The van der Waals surface area contributed by atoms with E-state index >= 15 is 0 Å². The van der Waals surface area contributed by atoms with E-state index in [1.54, 1.807) is 0 Å². The van der Waals surface area contributed by atoms with Crippen LogP contribution in [0.25, 0.3) is 0 Å². The number of β-amino-alcohol motifs (C(OH)–C–C–N with tert-alkyl or cyclic N) is 1. The molecular weight excluding hydrogens is 254 g/mol. The molecule has 1 saturated heterocycles. The van der Waals surface area contributed by atoms with E-state index in [1.165, 1.54) is 0 Å². The summed E-state index contributed by atoms with van der Waals surface area (Å²) in [5.74, 6) is -0.275. The summed E-state index contributed by atoms with van der Waals surface area (Å²) in [6, 6.07) is 9.49. The fourth-order valence-electron chi connectivity index (χ4n) is 2.54. The number of benzene rings is 1. The average molecular weight is 277 g/mol. The molecule has 110 valence electrons. The third-order valence-corrected chi connectivity index (χ3v) is 3.98. The van der Waals surface area contributed by atoms with Crippen molar-refractivity contribution >= 4 is 5.91 Å². The number of rotatable bonds is 5. The van der Waals surface area contributed by atoms with Gasteiger partial charge in [0.2, 0.25) is 5.91 Å². The minimum absolute atomic E-state index is 0.212. The molecule has 2 atom stereocenters. The van der Waals surface area contributed by atoms with E-state index in [2.05, 4.69) is 9.80 Å². The van der Waals surface area contributed by atoms with E-state index in [9.17, 15) is 9.90 Å². The number of nitrogens with zero attached hydrogens (tertiary/aromatic N) is 2. The summed E-state index contributed by atoms with van der Waals surface area (Å²) in [7, 11) is 0. The van der Waals surface area contributed by atoms with E-state index in [1.807, 2.05) is 37.3 Å². The number of aliphatic hydroxyl groups excluding tert-OH is 1. The second-order valence-electron chi connectivity index (χ2n) is 5.34. The third kappa shape index (κ3) is 3.79. The maximum Gasteiger partial charge on any atom is 0.234 e. The van der Waals surface area contributed by atoms with Crippen LogP contribution >= 0.6 is 0 Å². The van der Waals surface area contributed by atoms with Crippen molar-refractivity contribution in [1.82, 2.24) is 9.80 Å². The second-order valence-corrected chi connectivity index (χ2v) is 5.34. The van der Waals surface area contributed by atoms with E-state index in [-0.39, 0.29) is 11.9 Å². The van der Waals surface area contributed by atoms with Gasteiger partial charge in [-0.15, -0.1) is 0 Å². The van der Waals surface area contributed by atoms with Crippen LogP contribution in [0.5, 0.6) is 0 Å². The van der Waals surface area contributed by atoms with Gasteiger partial charge in [-0.2, -0.15) is 0 Å². The highest BCUT2D eigenvalue weighted by Crippen LogP contribution is 2.15. The molecule has 0 bridgehead atoms. The van der Waals surface area contributed by atoms with Crippen molar-refractivity contribution in [1.29, 1.82) is 0 Å². The van der Waals surface area contributed by atoms with Crippen molar-refractivity contribution < 1.29 is 9.90 Å². The van der Waals surface area contributed by atoms with Gasteiger partial charge in [0, 0.05) is 32.7 Å². The summed E-state index contributed by atoms with van der Waals surface area (Å²) in [6.45, 7) is 5.79. The Hall–Kier alpha value is -1.43. The first-order valence-electron chi connectivity index (χ1n) is 7.06. The number of primary amides is 1. The minimum Gasteiger partial charge on any atom is -0.387 e. The van der Waals surface area contributed by atoms with Crippen molar-refractivity contribution in [2.45, 2.75) is 19.1 Å². The minimum atomic E-state index is -0.462. The fourth-order valence-corrected chi connectivity index (χ4v) is 2.54. The van der Waals surface area contributed by atoms with Gasteiger partial charge in [-0.25, -0.2) is 0 Å². The van der Waals surface area contributed by atoms with Gasteiger partial charge in [0.05, 0.1) is 12.1 Å². The van der Waals surface area contributed by atoms with Crippen LogP contribution in [0.1, 0.15) is 18.6 Å². The van der Waals surface area contributed by atoms with Gasteiger partial charge in [-0.05, 0) is 12.5 Å². The number of amides is 1. The highest BCUT2D eigenvalue weighted by Gasteiger charge is 2.25. The van der Waals surface area contributed by atoms with Gasteiger partial charge in [0.1, 0.15) is 0 Å². The molecule has 1 aromatic rings. The second kappa shape index (κ2) is 6.83. The van der Waals surface area contributed by atoms with Gasteiger partial charge in [0.15, 0.2) is 0 Å². The lowest BCUT2D eigenvalue weighted by Crippen LogP contribution is -2.53. The van der Waals surface area contributed by atoms with E-state index in [0.717, 1.165) is 31.7 Å². The molecule has 0 radical (unpaired) electrons. The van der Waals surface area contributed by atoms with Crippen molar-refractivity contribution in [3.05, 3.63) is 35.9 Å². The van der Waals surface area contributed by atoms with Crippen LogP contribution in [0.2, 0.25) is 0 Å². The molecule has 3 N–H and O–H groups in total. The smallest absolute Gasteiger partial charge is 0.234 e. The van der Waals surface area contributed by atoms with E-state index < -0.39 is 6.10 Å². The van der Waals surface area contributed by atoms with Crippen LogP contribution in [0.3, 0.4) is 0 Å². The van der Waals surface area contributed by atoms with Gasteiger partial charge in [-0.3, -0.25) is 14.6 Å². The Morgan fingerprint density at radius 3 is 2.40 bits per heavy atom. The summed E-state index contributed by atoms with van der Waals surface area (Å²) < 4.78 is 0. The molecule has 1 heterocycles. The summed E-state index contributed by atoms with van der Waals surface area (Å²) >= 11 is 0. The predicted molar refractivity (Wildman–Crippen MR) is 78.1 cm³/mol. The van der Waals surface area contributed by atoms with Gasteiger partial charge in [-0.1, -0.05) is 30.3 Å². The number of nitrogens with two attached hydrogens (primary N) is 1. The maximum atomic E-state index is 11.2. The van der Waals surface area contributed by atoms with Crippen molar-refractivity contribution in [3.8, 4) is 0 Å². The Kier molecular flexibility index (Phi) is 5.11. The van der Waals surface area contributed by atoms with Crippen LogP contribution in [-0.2, 0) is 4.79 Å². The predicted octanol–water partition coefficient (Wildman–Crippen LogP) is 0.211. The summed E-state index contributed by atoms with van der Waals surface area (Å²) in [4.78, 5) is 15.5. The molecule has 0 spiro atoms. The van der Waals surface area contributed by atoms with E-state index in [0.29, 0.717) is 6.54 Å². The number of hydrogen-bond donors (Lipinski definition) is 2. The average Bonchev–Trinajstić information content (AvgIpc) is 2.48. The lowest BCUT2D eigenvalue weighted by atomic mass is 10.1. The van der Waals surface area contributed by atoms with Crippen LogP contribution in [-0.4, -0.2) is 59.6 Å². The van der Waals surface area contributed by atoms with Crippen LogP contribution in [0.4, 0.5) is 0 Å². The molecule has 5 nitrogen and oxygen atoms in total. The standard InChI is InChI=1S/C15H23N3O2/c1-12(15(16)20)18-9-7-17(8-10-18)11-14(19)13-5-3-2-4-6-13/h2-6,12,14,19H,7-11H2,1H3,(H2,16,20). The Morgan fingerprint density at radius 2 is 1.85 bits per heavy atom. The fraction of sp³-hybridized carbons (Fsp3) is 0.533. The van der Waals surface area contributed by atoms with Crippen molar-refractivity contribution in [2.24, 2.45) is 5.73 Å². The molecule has 1 aliphatic heterocycles. The summed E-state index contributed by atoms with van der Waals surface area (Å²) in [5.41, 5.74) is 6.27. The molecule has 0 aliphatic carbocycles. The molecule has 1 fully saturated rings. The number of hydrogen-bond acceptors (Lipinski definition) is 4. The molecular formula is C15H23N3O2. The zero-order chi connectivity index (χ0) is 14.5. The zero-order valence-electron chi connectivity index (χ0n) is 11.9. The first-order chi connectivity index (χ1) is 9.58. The lowest BCUT2D eigenvalue weighted by Gasteiger charge is -2.37. The molecule has 2 rings (SSSR count). The maximum absolute atomic E-state index is 11.2. The first kappa shape index (κ1) is 15.0. The highest BCUT2D eigenvalue weighted by atomic mass is 16.3. The van der Waals surface area contributed by atoms with Crippen molar-refractivity contribution in [3.63, 3.8) is 0 Å². The number of piperazine rings is 1.